The maximum atomic E-state index is 14.4. The minimum absolute atomic E-state index is 0.154. The van der Waals surface area contributed by atoms with E-state index in [1.807, 2.05) is 12.2 Å². The molecule has 0 aromatic carbocycles. The van der Waals surface area contributed by atoms with Crippen LogP contribution in [-0.2, 0) is 15.7 Å². The molecule has 0 bridgehead atoms. The Labute approximate surface area is 249 Å². The second-order valence-electron chi connectivity index (χ2n) is 10.3. The van der Waals surface area contributed by atoms with Crippen molar-refractivity contribution < 1.29 is 35.3 Å². The van der Waals surface area contributed by atoms with Gasteiger partial charge in [-0.3, -0.25) is 9.00 Å². The number of carbonyl (C=O) groups excluding carboxylic acids is 1. The fourth-order valence-corrected chi connectivity index (χ4v) is 7.35. The first-order valence-electron chi connectivity index (χ1n) is 13.2. The van der Waals surface area contributed by atoms with Crippen molar-refractivity contribution in [1.82, 2.24) is 19.8 Å². The molecule has 0 spiro atoms. The van der Waals surface area contributed by atoms with E-state index in [-0.39, 0.29) is 33.1 Å². The van der Waals surface area contributed by atoms with E-state index in [9.17, 15) is 35.3 Å². The molecule has 1 N–H and O–H groups in total. The first kappa shape index (κ1) is 32.4. The smallest absolute Gasteiger partial charge is 0.361 e. The maximum Gasteiger partial charge on any atom is 0.420 e. The minimum atomic E-state index is -5.04. The average molecular weight is 646 g/mol. The highest BCUT2D eigenvalue weighted by Crippen LogP contribution is 2.43. The average Bonchev–Trinajstić information content (AvgIpc) is 3.36. The predicted octanol–water partition coefficient (Wildman–Crippen LogP) is 5.37. The summed E-state index contributed by atoms with van der Waals surface area (Å²) in [5.74, 6) is 4.44. The number of hydrogen-bond acceptors (Lipinski definition) is 7. The lowest BCUT2D eigenvalue weighted by Gasteiger charge is -2.33. The van der Waals surface area contributed by atoms with Gasteiger partial charge in [0, 0.05) is 48.9 Å². The van der Waals surface area contributed by atoms with E-state index >= 15 is 0 Å². The normalized spacial score (nSPS) is 19.7. The number of nitrogens with zero attached hydrogens (tertiary/aromatic N) is 4. The van der Waals surface area contributed by atoms with E-state index in [0.717, 1.165) is 24.0 Å². The molecular formula is C28H29F6N5O2S2. The van der Waals surface area contributed by atoms with E-state index in [0.29, 0.717) is 44.2 Å². The molecule has 0 radical (unpaired) electrons. The van der Waals surface area contributed by atoms with Crippen molar-refractivity contribution >= 4 is 44.2 Å². The number of terminal acetylenes is 1. The molecule has 2 aromatic rings. The largest absolute Gasteiger partial charge is 0.420 e. The second kappa shape index (κ2) is 12.3. The number of aromatic nitrogens is 2. The van der Waals surface area contributed by atoms with Crippen LogP contribution in [0, 0.1) is 12.3 Å². The molecule has 43 heavy (non-hydrogen) atoms. The van der Waals surface area contributed by atoms with Gasteiger partial charge in [-0.1, -0.05) is 12.5 Å². The summed E-state index contributed by atoms with van der Waals surface area (Å²) in [6, 6.07) is -2.32. The van der Waals surface area contributed by atoms with Gasteiger partial charge in [-0.2, -0.15) is 26.3 Å². The van der Waals surface area contributed by atoms with Crippen molar-refractivity contribution in [2.45, 2.75) is 50.6 Å². The maximum absolute atomic E-state index is 14.4. The lowest BCUT2D eigenvalue weighted by Crippen LogP contribution is -2.42. The number of carbonyl (C=O) groups is 1. The highest BCUT2D eigenvalue weighted by molar-refractivity contribution is 8.00. The topological polar surface area (TPSA) is 78.4 Å². The molecule has 1 amide bonds. The van der Waals surface area contributed by atoms with Crippen molar-refractivity contribution in [3.05, 3.63) is 40.8 Å². The molecule has 2 fully saturated rings. The third kappa shape index (κ3) is 7.20. The summed E-state index contributed by atoms with van der Waals surface area (Å²) >= 11 is 0.792. The number of anilines is 1. The van der Waals surface area contributed by atoms with E-state index in [1.165, 1.54) is 5.92 Å². The van der Waals surface area contributed by atoms with Gasteiger partial charge in [0.2, 0.25) is 0 Å². The monoisotopic (exact) mass is 645 g/mol. The number of pyridine rings is 1. The van der Waals surface area contributed by atoms with Gasteiger partial charge < -0.3 is 15.1 Å². The zero-order valence-corrected chi connectivity index (χ0v) is 24.8. The van der Waals surface area contributed by atoms with Gasteiger partial charge in [0.1, 0.15) is 22.2 Å². The van der Waals surface area contributed by atoms with E-state index < -0.39 is 50.8 Å². The van der Waals surface area contributed by atoms with Crippen molar-refractivity contribution in [3.8, 4) is 22.8 Å². The van der Waals surface area contributed by atoms with E-state index in [2.05, 4.69) is 28.1 Å². The standard InChI is InChI=1S/C28H29F6N5O2S2/c1-5-20(38-11-13-43(4,41)14-12-38)25-37-23(26(40)39-10-8-7-9-17(39)3)24(42-25)18-16-35-22(15-19(18)27(29,30)31)36-21(6-2)28(32,33)34/h2,15-17,21H,1,4,7-14H2,3H3,(H,35,36)/t17-,21-/m0/s1. The number of nitrogens with one attached hydrogen (secondary N) is 1. The first-order valence-corrected chi connectivity index (χ1v) is 16.1. The zero-order chi connectivity index (χ0) is 31.7. The Morgan fingerprint density at radius 3 is 2.44 bits per heavy atom. The summed E-state index contributed by atoms with van der Waals surface area (Å²) in [4.78, 5) is 25.3. The highest BCUT2D eigenvalue weighted by Gasteiger charge is 2.41. The van der Waals surface area contributed by atoms with Crippen LogP contribution in [0.25, 0.3) is 16.1 Å². The highest BCUT2D eigenvalue weighted by atomic mass is 32.2. The fourth-order valence-electron chi connectivity index (χ4n) is 4.91. The Morgan fingerprint density at radius 1 is 1.21 bits per heavy atom. The summed E-state index contributed by atoms with van der Waals surface area (Å²) < 4.78 is 95.2. The van der Waals surface area contributed by atoms with Gasteiger partial charge in [0.05, 0.1) is 10.4 Å². The Hall–Kier alpha value is -3.47. The van der Waals surface area contributed by atoms with Crippen LogP contribution in [0.3, 0.4) is 0 Å². The number of amides is 1. The van der Waals surface area contributed by atoms with Gasteiger partial charge in [-0.15, -0.1) is 23.5 Å². The van der Waals surface area contributed by atoms with Crippen LogP contribution in [-0.4, -0.2) is 85.2 Å². The molecule has 4 rings (SSSR count). The Balaban J connectivity index is 1.85. The molecule has 0 aliphatic carbocycles. The molecular weight excluding hydrogens is 616 g/mol. The fraction of sp³-hybridized carbons (Fsp3) is 0.464. The van der Waals surface area contributed by atoms with Gasteiger partial charge in [-0.25, -0.2) is 9.97 Å². The number of rotatable bonds is 6. The van der Waals surface area contributed by atoms with Crippen LogP contribution < -0.4 is 5.32 Å². The molecule has 2 aliphatic rings. The molecule has 4 heterocycles. The van der Waals surface area contributed by atoms with Crippen LogP contribution in [0.15, 0.2) is 24.6 Å². The van der Waals surface area contributed by atoms with Crippen molar-refractivity contribution in [2.24, 2.45) is 0 Å². The lowest BCUT2D eigenvalue weighted by molar-refractivity contribution is -0.137. The number of halogens is 6. The third-order valence-electron chi connectivity index (χ3n) is 7.29. The van der Waals surface area contributed by atoms with Gasteiger partial charge in [0.25, 0.3) is 5.91 Å². The Kier molecular flexibility index (Phi) is 9.25. The molecule has 232 valence electrons. The minimum Gasteiger partial charge on any atom is -0.361 e. The SMILES string of the molecule is C#C[C@H](Nc1cc(C(F)(F)F)c(-c2sc(C(=C=C)N3CCS(=C)(=O)CC3)nc2C(=O)N2CCCC[C@@H]2C)cn1)C(F)(F)F. The molecule has 0 unspecified atom stereocenters. The second-order valence-corrected chi connectivity index (χ2v) is 14.1. The first-order chi connectivity index (χ1) is 20.1. The summed E-state index contributed by atoms with van der Waals surface area (Å²) in [7, 11) is -2.27. The van der Waals surface area contributed by atoms with Crippen LogP contribution in [0.1, 0.15) is 47.2 Å². The van der Waals surface area contributed by atoms with Crippen molar-refractivity contribution in [2.75, 3.05) is 36.5 Å². The molecule has 2 aliphatic heterocycles. The van der Waals surface area contributed by atoms with Crippen molar-refractivity contribution in [1.29, 1.82) is 0 Å². The Morgan fingerprint density at radius 2 is 1.88 bits per heavy atom. The third-order valence-corrected chi connectivity index (χ3v) is 10.2. The lowest BCUT2D eigenvalue weighted by atomic mass is 10.0. The summed E-state index contributed by atoms with van der Waals surface area (Å²) in [6.45, 7) is 6.56. The number of likely N-dealkylation sites (tertiary alicyclic amines) is 1. The number of hydrogen-bond donors (Lipinski definition) is 1. The molecule has 2 aromatic heterocycles. The predicted molar refractivity (Wildman–Crippen MR) is 156 cm³/mol. The van der Waals surface area contributed by atoms with E-state index in [4.69, 9.17) is 6.42 Å². The molecule has 2 atom stereocenters. The number of alkyl halides is 6. The quantitative estimate of drug-likeness (QED) is 0.197. The van der Waals surface area contributed by atoms with Crippen LogP contribution in [0.5, 0.6) is 0 Å². The van der Waals surface area contributed by atoms with Crippen molar-refractivity contribution in [3.63, 3.8) is 0 Å². The number of thiazole rings is 1. The molecule has 15 heteroatoms. The van der Waals surface area contributed by atoms with Crippen LogP contribution in [0.4, 0.5) is 32.2 Å². The molecule has 0 saturated carbocycles. The summed E-state index contributed by atoms with van der Waals surface area (Å²) in [6.07, 6.45) is -1.97. The van der Waals surface area contributed by atoms with Gasteiger partial charge in [-0.05, 0) is 47.6 Å². The molecule has 2 saturated heterocycles. The number of piperidine rings is 1. The van der Waals surface area contributed by atoms with Crippen LogP contribution >= 0.6 is 11.3 Å². The van der Waals surface area contributed by atoms with E-state index in [1.54, 1.807) is 9.80 Å². The summed E-state index contributed by atoms with van der Waals surface area (Å²) in [5, 5.41) is 1.98. The van der Waals surface area contributed by atoms with Gasteiger partial charge >= 0.3 is 12.4 Å². The van der Waals surface area contributed by atoms with Gasteiger partial charge in [0.15, 0.2) is 6.04 Å². The van der Waals surface area contributed by atoms with Crippen LogP contribution in [0.2, 0.25) is 0 Å². The summed E-state index contributed by atoms with van der Waals surface area (Å²) in [5.41, 5.74) is 0.994. The zero-order valence-electron chi connectivity index (χ0n) is 23.1. The Bertz CT molecular complexity index is 1570. The molecule has 7 nitrogen and oxygen atoms in total.